The molecular formula is C38H59N5O5. The first-order chi connectivity index (χ1) is 22.8. The molecule has 3 amide bonds. The highest BCUT2D eigenvalue weighted by Gasteiger charge is 2.44. The Labute approximate surface area is 287 Å². The highest BCUT2D eigenvalue weighted by molar-refractivity contribution is 5.91. The molecule has 3 fully saturated rings. The molecule has 3 heterocycles. The number of carbonyl (C=O) groups excluding carboxylic acids is 4. The minimum atomic E-state index is -0.675. The minimum absolute atomic E-state index is 0.00769. The van der Waals surface area contributed by atoms with Gasteiger partial charge in [-0.05, 0) is 94.0 Å². The van der Waals surface area contributed by atoms with Crippen LogP contribution in [0.4, 0.5) is 0 Å². The van der Waals surface area contributed by atoms with Gasteiger partial charge in [-0.1, -0.05) is 65.3 Å². The average Bonchev–Trinajstić information content (AvgIpc) is 3.81. The van der Waals surface area contributed by atoms with Crippen molar-refractivity contribution in [2.75, 3.05) is 40.3 Å². The number of fused-ring (bicyclic) bond motifs is 1. The molecule has 4 aliphatic rings. The molecule has 0 aromatic heterocycles. The monoisotopic (exact) mass is 665 g/mol. The SMILES string of the molecule is CC(C)[C@@H](CN1CCC[C@H]1C(=O)N1CCC[C@H]1C(=O)OC1CCc2ccccc21)N(C)C(=O)[C@@H](NC(=O)[C@H]1CCCCN1C)C(C)(C)C. The Morgan fingerprint density at radius 1 is 0.917 bits per heavy atom. The number of esters is 1. The topological polar surface area (TPSA) is 103 Å². The fourth-order valence-corrected chi connectivity index (χ4v) is 8.33. The summed E-state index contributed by atoms with van der Waals surface area (Å²) in [6, 6.07) is 6.17. The fourth-order valence-electron chi connectivity index (χ4n) is 8.33. The van der Waals surface area contributed by atoms with E-state index in [1.54, 1.807) is 9.80 Å². The summed E-state index contributed by atoms with van der Waals surface area (Å²) in [5.41, 5.74) is 1.83. The van der Waals surface area contributed by atoms with Crippen LogP contribution in [0.3, 0.4) is 0 Å². The zero-order chi connectivity index (χ0) is 34.7. The van der Waals surface area contributed by atoms with E-state index in [1.807, 2.05) is 53.1 Å². The summed E-state index contributed by atoms with van der Waals surface area (Å²) in [5, 5.41) is 3.15. The molecule has 0 spiro atoms. The Morgan fingerprint density at radius 2 is 1.60 bits per heavy atom. The molecule has 3 saturated heterocycles. The average molecular weight is 666 g/mol. The van der Waals surface area contributed by atoms with Gasteiger partial charge in [-0.2, -0.15) is 0 Å². The first kappa shape index (κ1) is 36.3. The number of rotatable bonds is 10. The fraction of sp³-hybridized carbons (Fsp3) is 0.737. The zero-order valence-corrected chi connectivity index (χ0v) is 30.4. The van der Waals surface area contributed by atoms with Gasteiger partial charge in [-0.15, -0.1) is 0 Å². The van der Waals surface area contributed by atoms with E-state index < -0.39 is 17.5 Å². The van der Waals surface area contributed by atoms with Crippen molar-refractivity contribution in [2.45, 2.75) is 129 Å². The number of carbonyl (C=O) groups is 4. The Kier molecular flexibility index (Phi) is 11.6. The van der Waals surface area contributed by atoms with E-state index in [9.17, 15) is 19.2 Å². The number of nitrogens with zero attached hydrogens (tertiary/aromatic N) is 4. The van der Waals surface area contributed by atoms with E-state index in [2.05, 4.69) is 35.0 Å². The zero-order valence-electron chi connectivity index (χ0n) is 30.4. The van der Waals surface area contributed by atoms with E-state index in [1.165, 1.54) is 5.56 Å². The van der Waals surface area contributed by atoms with E-state index >= 15 is 0 Å². The van der Waals surface area contributed by atoms with E-state index in [0.29, 0.717) is 19.5 Å². The number of likely N-dealkylation sites (tertiary alicyclic amines) is 3. The van der Waals surface area contributed by atoms with Crippen molar-refractivity contribution in [1.82, 2.24) is 24.9 Å². The van der Waals surface area contributed by atoms with Gasteiger partial charge in [0.2, 0.25) is 17.7 Å². The summed E-state index contributed by atoms with van der Waals surface area (Å²) >= 11 is 0. The summed E-state index contributed by atoms with van der Waals surface area (Å²) in [5.74, 6) is -0.370. The van der Waals surface area contributed by atoms with Crippen molar-refractivity contribution < 1.29 is 23.9 Å². The normalized spacial score (nSPS) is 26.3. The number of aryl methyl sites for hydroxylation is 1. The Bertz CT molecular complexity index is 1330. The number of piperidine rings is 1. The molecule has 1 unspecified atom stereocenters. The quantitative estimate of drug-likeness (QED) is 0.375. The number of likely N-dealkylation sites (N-methyl/N-ethyl adjacent to an activating group) is 2. The van der Waals surface area contributed by atoms with Crippen LogP contribution in [0.2, 0.25) is 0 Å². The Morgan fingerprint density at radius 3 is 2.31 bits per heavy atom. The standard InChI is InChI=1S/C38H59N5O5/c1-25(2)31(41(7)36(46)33(38(3,4)5)39-34(44)28-16-10-11-21-40(28)6)24-42-22-12-17-29(42)35(45)43-23-13-18-30(43)37(47)48-32-20-19-26-14-8-9-15-27(26)32/h8-9,14-15,25,28-33H,10-13,16-24H2,1-7H3,(H,39,44)/t28-,29+,30+,31-,32?,33-/m1/s1. The lowest BCUT2D eigenvalue weighted by Crippen LogP contribution is -2.61. The van der Waals surface area contributed by atoms with Crippen LogP contribution in [-0.4, -0.2) is 114 Å². The first-order valence-electron chi connectivity index (χ1n) is 18.4. The maximum atomic E-state index is 14.2. The maximum Gasteiger partial charge on any atom is 0.329 e. The van der Waals surface area contributed by atoms with Gasteiger partial charge in [0.25, 0.3) is 0 Å². The van der Waals surface area contributed by atoms with Crippen molar-refractivity contribution in [3.05, 3.63) is 35.4 Å². The van der Waals surface area contributed by atoms with Crippen LogP contribution in [0.5, 0.6) is 0 Å². The van der Waals surface area contributed by atoms with Gasteiger partial charge in [0.05, 0.1) is 12.1 Å². The van der Waals surface area contributed by atoms with Gasteiger partial charge in [-0.25, -0.2) is 4.79 Å². The Hall–Kier alpha value is -2.98. The number of amides is 3. The second kappa shape index (κ2) is 15.3. The third-order valence-electron chi connectivity index (χ3n) is 11.3. The molecule has 48 heavy (non-hydrogen) atoms. The second-order valence-electron chi connectivity index (χ2n) is 16.1. The summed E-state index contributed by atoms with van der Waals surface area (Å²) in [7, 11) is 3.82. The number of nitrogens with one attached hydrogen (secondary N) is 1. The largest absolute Gasteiger partial charge is 0.456 e. The molecule has 10 heteroatoms. The smallest absolute Gasteiger partial charge is 0.329 e. The number of benzene rings is 1. The predicted octanol–water partition coefficient (Wildman–Crippen LogP) is 4.17. The predicted molar refractivity (Wildman–Crippen MR) is 186 cm³/mol. The summed E-state index contributed by atoms with van der Waals surface area (Å²) in [6.45, 7) is 13.0. The lowest BCUT2D eigenvalue weighted by Gasteiger charge is -2.41. The number of hydrogen-bond donors (Lipinski definition) is 1. The second-order valence-corrected chi connectivity index (χ2v) is 16.1. The third kappa shape index (κ3) is 7.91. The van der Waals surface area contributed by atoms with Crippen molar-refractivity contribution in [3.8, 4) is 0 Å². The molecule has 266 valence electrons. The molecule has 1 N–H and O–H groups in total. The van der Waals surface area contributed by atoms with Gasteiger partial charge in [0.15, 0.2) is 0 Å². The van der Waals surface area contributed by atoms with Crippen LogP contribution in [0.1, 0.15) is 103 Å². The van der Waals surface area contributed by atoms with Crippen LogP contribution in [-0.2, 0) is 30.3 Å². The highest BCUT2D eigenvalue weighted by Crippen LogP contribution is 2.35. The summed E-state index contributed by atoms with van der Waals surface area (Å²) in [6.07, 6.45) is 7.33. The van der Waals surface area contributed by atoms with Crippen LogP contribution in [0.15, 0.2) is 24.3 Å². The Balaban J connectivity index is 1.24. The molecule has 0 bridgehead atoms. The molecule has 1 aliphatic carbocycles. The molecule has 0 radical (unpaired) electrons. The first-order valence-corrected chi connectivity index (χ1v) is 18.4. The van der Waals surface area contributed by atoms with Crippen molar-refractivity contribution >= 4 is 23.7 Å². The van der Waals surface area contributed by atoms with Gasteiger partial charge in [0.1, 0.15) is 18.2 Å². The maximum absolute atomic E-state index is 14.2. The number of hydrogen-bond acceptors (Lipinski definition) is 7. The number of ether oxygens (including phenoxy) is 1. The summed E-state index contributed by atoms with van der Waals surface area (Å²) < 4.78 is 6.04. The molecular weight excluding hydrogens is 606 g/mol. The molecule has 1 aromatic carbocycles. The van der Waals surface area contributed by atoms with Gasteiger partial charge in [0, 0.05) is 26.2 Å². The molecule has 3 aliphatic heterocycles. The molecule has 10 nitrogen and oxygen atoms in total. The molecule has 1 aromatic rings. The van der Waals surface area contributed by atoms with Gasteiger partial charge >= 0.3 is 5.97 Å². The van der Waals surface area contributed by atoms with Crippen molar-refractivity contribution in [2.24, 2.45) is 11.3 Å². The van der Waals surface area contributed by atoms with E-state index in [4.69, 9.17) is 4.74 Å². The molecule has 6 atom stereocenters. The third-order valence-corrected chi connectivity index (χ3v) is 11.3. The lowest BCUT2D eigenvalue weighted by atomic mass is 9.84. The van der Waals surface area contributed by atoms with Crippen LogP contribution >= 0.6 is 0 Å². The van der Waals surface area contributed by atoms with Crippen molar-refractivity contribution in [3.63, 3.8) is 0 Å². The minimum Gasteiger partial charge on any atom is -0.456 e. The van der Waals surface area contributed by atoms with Crippen molar-refractivity contribution in [1.29, 1.82) is 0 Å². The van der Waals surface area contributed by atoms with E-state index in [-0.39, 0.29) is 53.8 Å². The summed E-state index contributed by atoms with van der Waals surface area (Å²) in [4.78, 5) is 63.2. The van der Waals surface area contributed by atoms with Gasteiger partial charge in [-0.3, -0.25) is 24.2 Å². The van der Waals surface area contributed by atoms with E-state index in [0.717, 1.165) is 70.0 Å². The lowest BCUT2D eigenvalue weighted by molar-refractivity contribution is -0.159. The molecule has 5 rings (SSSR count). The highest BCUT2D eigenvalue weighted by atomic mass is 16.5. The van der Waals surface area contributed by atoms with Crippen LogP contribution in [0, 0.1) is 11.3 Å². The molecule has 0 saturated carbocycles. The van der Waals surface area contributed by atoms with Gasteiger partial charge < -0.3 is 19.9 Å². The van der Waals surface area contributed by atoms with Crippen LogP contribution < -0.4 is 5.32 Å². The van der Waals surface area contributed by atoms with Crippen LogP contribution in [0.25, 0.3) is 0 Å².